The molecule has 2 aromatic carbocycles. The van der Waals surface area contributed by atoms with Gasteiger partial charge in [-0.25, -0.2) is 13.2 Å². The van der Waals surface area contributed by atoms with E-state index in [1.165, 1.54) is 38.5 Å². The summed E-state index contributed by atoms with van der Waals surface area (Å²) in [6, 6.07) is 5.71. The average molecular weight is 1300 g/mol. The fourth-order valence-corrected chi connectivity index (χ4v) is 14.4. The molecule has 0 bridgehead atoms. The van der Waals surface area contributed by atoms with E-state index in [4.69, 9.17) is 14.6 Å². The molecule has 2 saturated heterocycles. The number of aromatic nitrogens is 2. The number of ether oxygens (including phenoxy) is 2. The minimum absolute atomic E-state index is 0.00559. The van der Waals surface area contributed by atoms with Crippen LogP contribution in [0, 0.1) is 47.1 Å². The Bertz CT molecular complexity index is 3240. The van der Waals surface area contributed by atoms with Crippen molar-refractivity contribution in [2.75, 3.05) is 78.2 Å². The van der Waals surface area contributed by atoms with E-state index < -0.39 is 107 Å². The van der Waals surface area contributed by atoms with Crippen molar-refractivity contribution in [2.24, 2.45) is 35.5 Å². The molecule has 3 heterocycles. The van der Waals surface area contributed by atoms with Gasteiger partial charge in [-0.15, -0.1) is 0 Å². The van der Waals surface area contributed by atoms with Gasteiger partial charge in [-0.3, -0.25) is 43.6 Å². The number of hydrogen-bond donors (Lipinski definition) is 7. The highest BCUT2D eigenvalue weighted by molar-refractivity contribution is 6.00. The first-order chi connectivity index (χ1) is 44.2. The van der Waals surface area contributed by atoms with Crippen LogP contribution in [0.3, 0.4) is 0 Å². The third-order valence-electron chi connectivity index (χ3n) is 21.0. The monoisotopic (exact) mass is 1300 g/mol. The zero-order chi connectivity index (χ0) is 67.1. The van der Waals surface area contributed by atoms with Crippen molar-refractivity contribution in [3.8, 4) is 0 Å². The van der Waals surface area contributed by atoms with E-state index in [0.717, 1.165) is 38.5 Å². The molecule has 3 aromatic rings. The minimum Gasteiger partial charge on any atom is -0.373 e. The number of anilines is 2. The number of likely N-dealkylation sites (N-methyl/N-ethyl adjacent to an activating group) is 2. The van der Waals surface area contributed by atoms with Crippen LogP contribution >= 0.6 is 0 Å². The number of piperazine rings is 2. The molecule has 0 spiro atoms. The van der Waals surface area contributed by atoms with Crippen molar-refractivity contribution < 1.29 is 61.3 Å². The molecular formula is C68H97F3N12O10. The highest BCUT2D eigenvalue weighted by Crippen LogP contribution is 2.59. The second kappa shape index (κ2) is 28.8. The Balaban J connectivity index is 0.848. The number of carbonyl (C=O) groups is 7. The largest absolute Gasteiger partial charge is 0.373 e. The number of benzene rings is 2. The molecule has 7 aliphatic rings. The Hall–Kier alpha value is -6.51. The second-order valence-corrected chi connectivity index (χ2v) is 28.0. The van der Waals surface area contributed by atoms with E-state index in [1.54, 1.807) is 60.4 Å². The van der Waals surface area contributed by atoms with Crippen molar-refractivity contribution in [1.29, 1.82) is 0 Å². The zero-order valence-electron chi connectivity index (χ0n) is 55.7. The molecule has 5 aliphatic carbocycles. The van der Waals surface area contributed by atoms with Gasteiger partial charge in [-0.1, -0.05) is 26.0 Å². The number of hydrogen-bond acceptors (Lipinski definition) is 14. The van der Waals surface area contributed by atoms with Crippen LogP contribution in [0.1, 0.15) is 153 Å². The average Bonchev–Trinajstić information content (AvgIpc) is 1.59. The molecular weight excluding hydrogens is 1200 g/mol. The molecule has 4 unspecified atom stereocenters. The number of alkyl halides is 1. The fourth-order valence-electron chi connectivity index (χ4n) is 14.4. The predicted molar refractivity (Wildman–Crippen MR) is 342 cm³/mol. The fraction of sp³-hybridized carbons (Fsp3) is 0.676. The molecule has 2 aliphatic heterocycles. The highest BCUT2D eigenvalue weighted by atomic mass is 19.1. The van der Waals surface area contributed by atoms with Crippen LogP contribution in [0.15, 0.2) is 42.5 Å². The van der Waals surface area contributed by atoms with Gasteiger partial charge in [-0.2, -0.15) is 5.10 Å². The lowest BCUT2D eigenvalue weighted by atomic mass is 9.86. The quantitative estimate of drug-likeness (QED) is 0.0422. The third-order valence-corrected chi connectivity index (χ3v) is 21.0. The van der Waals surface area contributed by atoms with Gasteiger partial charge in [0.15, 0.2) is 5.67 Å². The number of nitrogens with one attached hydrogen (secondary N) is 6. The number of halogens is 3. The van der Waals surface area contributed by atoms with Crippen LogP contribution in [0.25, 0.3) is 0 Å². The zero-order valence-corrected chi connectivity index (χ0v) is 55.7. The summed E-state index contributed by atoms with van der Waals surface area (Å²) in [6.45, 7) is 16.2. The van der Waals surface area contributed by atoms with E-state index in [1.807, 2.05) is 34.9 Å². The number of amides is 7. The predicted octanol–water partition coefficient (Wildman–Crippen LogP) is 5.53. The molecule has 7 N–H and O–H groups in total. The standard InChI is InChI=1S/C68H97F3N12O10/c1-12-83-53(62(86)76-58(54(41-13-14-41)42-15-16-42)63(87)72-50-21-19-44(29-48(50)69)37(4)56(74-60(84)39(6)92-10)65(89)81-27-25-79(8)33-35(81)2)32-52(78-83)46-31-47(46)55(43-17-18-43)59(77-67(91)68(71)23-24-68)64(88)73-51-22-20-45(30-49(51)70)38(5)57(75-61(85)40(7)93-11)66(90)82-28-26-80(9)34-36(82)3/h19-22,29-30,32,35-43,46-47,54-59,62,76,86H,12-18,23-28,31,33-34H2,1-11H3,(H,72,87)(H,73,88)(H,74,84)(H,75,85)(H,77,91)/t35-,36-,37-,38-,39-,40-,46?,47?,55?,56+,57+,58-,59-,62?/m0/s1. The van der Waals surface area contributed by atoms with E-state index >= 15 is 13.2 Å². The summed E-state index contributed by atoms with van der Waals surface area (Å²) in [5.41, 5.74) is -0.605. The van der Waals surface area contributed by atoms with Crippen molar-refractivity contribution in [3.05, 3.63) is 76.6 Å². The summed E-state index contributed by atoms with van der Waals surface area (Å²) in [6.07, 6.45) is 2.54. The summed E-state index contributed by atoms with van der Waals surface area (Å²) < 4.78 is 60.8. The molecule has 14 atom stereocenters. The maximum atomic E-state index is 16.5. The first-order valence-corrected chi connectivity index (χ1v) is 33.6. The van der Waals surface area contributed by atoms with Crippen LogP contribution in [-0.2, 0) is 49.6 Å². The molecule has 22 nitrogen and oxygen atoms in total. The number of rotatable bonds is 29. The smallest absolute Gasteiger partial charge is 0.258 e. The van der Waals surface area contributed by atoms with Crippen molar-refractivity contribution >= 4 is 52.7 Å². The van der Waals surface area contributed by atoms with Gasteiger partial charge in [0.05, 0.1) is 28.8 Å². The van der Waals surface area contributed by atoms with Gasteiger partial charge < -0.3 is 60.8 Å². The lowest BCUT2D eigenvalue weighted by Gasteiger charge is -2.41. The maximum Gasteiger partial charge on any atom is 0.258 e. The van der Waals surface area contributed by atoms with Crippen LogP contribution in [0.4, 0.5) is 24.5 Å². The number of aryl methyl sites for hydroxylation is 1. The number of aliphatic hydroxyl groups excluding tert-OH is 1. The molecule has 25 heteroatoms. The van der Waals surface area contributed by atoms with Gasteiger partial charge in [0.2, 0.25) is 35.4 Å². The van der Waals surface area contributed by atoms with Crippen LogP contribution in [0.2, 0.25) is 0 Å². The number of carbonyl (C=O) groups excluding carboxylic acids is 7. The van der Waals surface area contributed by atoms with E-state index in [9.17, 15) is 38.7 Å². The SMILES string of the molecule is CCn1nc(C2CC2C(C2CC2)[C@H](NC(=O)C2(F)CC2)C(=O)Nc2ccc([C@H](C)[C@@H](NC(=O)[C@H](C)OC)C(=O)N3CCN(C)C[C@@H]3C)cc2F)cc1C(O)N[C@H](C(=O)Nc1ccc([C@H](C)[C@@H](NC(=O)[C@H](C)OC)C(=O)N2CCN(C)C[C@@H]2C)cc1F)C(C1CC1)C1CC1. The topological polar surface area (TPSA) is 261 Å². The molecule has 1 aromatic heterocycles. The summed E-state index contributed by atoms with van der Waals surface area (Å²) in [4.78, 5) is 106. The van der Waals surface area contributed by atoms with Crippen molar-refractivity contribution in [2.45, 2.75) is 191 Å². The Kier molecular flexibility index (Phi) is 21.5. The van der Waals surface area contributed by atoms with E-state index in [2.05, 4.69) is 41.7 Å². The molecule has 10 rings (SSSR count). The van der Waals surface area contributed by atoms with Crippen LogP contribution in [-0.4, -0.2) is 198 Å². The Labute approximate surface area is 543 Å². The second-order valence-electron chi connectivity index (χ2n) is 28.0. The summed E-state index contributed by atoms with van der Waals surface area (Å²) in [7, 11) is 6.74. The van der Waals surface area contributed by atoms with Crippen LogP contribution < -0.4 is 31.9 Å². The highest BCUT2D eigenvalue weighted by Gasteiger charge is 2.58. The van der Waals surface area contributed by atoms with Gasteiger partial charge in [0, 0.05) is 89.9 Å². The Morgan fingerprint density at radius 3 is 1.49 bits per heavy atom. The minimum atomic E-state index is -2.13. The number of nitrogens with zero attached hydrogens (tertiary/aromatic N) is 6. The van der Waals surface area contributed by atoms with Gasteiger partial charge in [0.1, 0.15) is 48.2 Å². The lowest BCUT2D eigenvalue weighted by molar-refractivity contribution is -0.142. The number of methoxy groups -OCH3 is 2. The normalized spacial score (nSPS) is 24.7. The first-order valence-electron chi connectivity index (χ1n) is 33.6. The third kappa shape index (κ3) is 15.9. The molecule has 93 heavy (non-hydrogen) atoms. The lowest BCUT2D eigenvalue weighted by Crippen LogP contribution is -2.59. The van der Waals surface area contributed by atoms with Gasteiger partial charge >= 0.3 is 0 Å². The molecule has 0 radical (unpaired) electrons. The summed E-state index contributed by atoms with van der Waals surface area (Å²) in [5, 5.41) is 34.5. The molecule has 7 amide bonds. The van der Waals surface area contributed by atoms with Crippen molar-refractivity contribution in [3.63, 3.8) is 0 Å². The Morgan fingerprint density at radius 1 is 0.634 bits per heavy atom. The molecule has 510 valence electrons. The Morgan fingerprint density at radius 2 is 1.09 bits per heavy atom. The van der Waals surface area contributed by atoms with E-state index in [-0.39, 0.29) is 83.6 Å². The molecule has 7 fully saturated rings. The summed E-state index contributed by atoms with van der Waals surface area (Å²) in [5.74, 6) is -7.51. The van der Waals surface area contributed by atoms with Gasteiger partial charge in [-0.05, 0) is 183 Å². The maximum absolute atomic E-state index is 16.5. The summed E-state index contributed by atoms with van der Waals surface area (Å²) >= 11 is 0. The van der Waals surface area contributed by atoms with E-state index in [0.29, 0.717) is 74.7 Å². The first kappa shape index (κ1) is 69.3. The van der Waals surface area contributed by atoms with Gasteiger partial charge in [0.25, 0.3) is 5.91 Å². The number of aliphatic hydroxyl groups is 1. The van der Waals surface area contributed by atoms with Crippen LogP contribution in [0.5, 0.6) is 0 Å². The van der Waals surface area contributed by atoms with Crippen molar-refractivity contribution in [1.82, 2.24) is 50.6 Å². The molecule has 5 saturated carbocycles.